The maximum atomic E-state index is 13.6. The van der Waals surface area contributed by atoms with E-state index in [1.54, 1.807) is 11.6 Å². The van der Waals surface area contributed by atoms with Gasteiger partial charge < -0.3 is 24.9 Å². The molecule has 8 nitrogen and oxygen atoms in total. The molecule has 3 aromatic rings. The van der Waals surface area contributed by atoms with Crippen molar-refractivity contribution in [2.75, 3.05) is 13.2 Å². The summed E-state index contributed by atoms with van der Waals surface area (Å²) in [6.45, 7) is 1.84. The van der Waals surface area contributed by atoms with Crippen LogP contribution >= 0.6 is 11.3 Å². The molecular weight excluding hydrogens is 420 g/mol. The number of primary amides is 1. The lowest BCUT2D eigenvalue weighted by atomic mass is 9.95. The first-order valence-electron chi connectivity index (χ1n) is 8.87. The molecule has 1 aliphatic heterocycles. The lowest BCUT2D eigenvalue weighted by Gasteiger charge is -2.38. The second kappa shape index (κ2) is 7.65. The van der Waals surface area contributed by atoms with Crippen LogP contribution in [0.1, 0.15) is 33.1 Å². The number of furan rings is 1. The Morgan fingerprint density at radius 2 is 2.17 bits per heavy atom. The molecule has 4 rings (SSSR count). The number of carbonyl (C=O) groups excluding carboxylic acids is 2. The fourth-order valence-electron chi connectivity index (χ4n) is 3.05. The van der Waals surface area contributed by atoms with Gasteiger partial charge in [0.15, 0.2) is 11.3 Å². The zero-order valence-electron chi connectivity index (χ0n) is 15.7. The van der Waals surface area contributed by atoms with Crippen LogP contribution < -0.4 is 15.8 Å². The van der Waals surface area contributed by atoms with Crippen molar-refractivity contribution < 1.29 is 32.3 Å². The minimum Gasteiger partial charge on any atom is -0.488 e. The third-order valence-corrected chi connectivity index (χ3v) is 5.76. The van der Waals surface area contributed by atoms with Gasteiger partial charge in [-0.1, -0.05) is 0 Å². The van der Waals surface area contributed by atoms with E-state index in [4.69, 9.17) is 19.6 Å². The molecule has 0 radical (unpaired) electrons. The zero-order valence-corrected chi connectivity index (χ0v) is 16.6. The number of ether oxygens (including phenoxy) is 2. The molecule has 0 atom stereocenters. The number of carbonyl (C=O) groups is 2. The molecule has 1 fully saturated rings. The number of nitrogens with two attached hydrogens (primary N) is 1. The maximum absolute atomic E-state index is 13.6. The SMILES string of the molecule is Cc1ncsc1COc1ccc2oc(C(F)F)c(C(=O)NC3(C(N)=O)COC3)c2c1. The molecule has 3 N–H and O–H groups in total. The first-order valence-corrected chi connectivity index (χ1v) is 9.75. The second-order valence-corrected chi connectivity index (χ2v) is 7.78. The molecule has 0 bridgehead atoms. The van der Waals surface area contributed by atoms with Gasteiger partial charge in [0, 0.05) is 5.39 Å². The van der Waals surface area contributed by atoms with Gasteiger partial charge in [-0.3, -0.25) is 9.59 Å². The van der Waals surface area contributed by atoms with E-state index in [0.29, 0.717) is 5.75 Å². The Morgan fingerprint density at radius 3 is 2.73 bits per heavy atom. The molecule has 158 valence electrons. The van der Waals surface area contributed by atoms with Gasteiger partial charge in [0.25, 0.3) is 12.3 Å². The van der Waals surface area contributed by atoms with Gasteiger partial charge in [0.2, 0.25) is 5.91 Å². The first kappa shape index (κ1) is 20.2. The highest BCUT2D eigenvalue weighted by Crippen LogP contribution is 2.35. The summed E-state index contributed by atoms with van der Waals surface area (Å²) in [4.78, 5) is 29.6. The number of thiazole rings is 1. The van der Waals surface area contributed by atoms with E-state index in [9.17, 15) is 18.4 Å². The average molecular weight is 437 g/mol. The number of rotatable bonds is 7. The number of fused-ring (bicyclic) bond motifs is 1. The number of aryl methyl sites for hydroxylation is 1. The van der Waals surface area contributed by atoms with E-state index in [-0.39, 0.29) is 36.4 Å². The van der Waals surface area contributed by atoms with Crippen LogP contribution in [0.25, 0.3) is 11.0 Å². The number of benzene rings is 1. The molecule has 2 amide bonds. The zero-order chi connectivity index (χ0) is 21.5. The lowest BCUT2D eigenvalue weighted by Crippen LogP contribution is -2.69. The number of hydrogen-bond acceptors (Lipinski definition) is 7. The predicted molar refractivity (Wildman–Crippen MR) is 103 cm³/mol. The highest BCUT2D eigenvalue weighted by molar-refractivity contribution is 7.09. The van der Waals surface area contributed by atoms with E-state index in [1.807, 2.05) is 6.92 Å². The quantitative estimate of drug-likeness (QED) is 0.587. The first-order chi connectivity index (χ1) is 14.3. The summed E-state index contributed by atoms with van der Waals surface area (Å²) in [6, 6.07) is 4.46. The number of nitrogens with one attached hydrogen (secondary N) is 1. The molecule has 1 aromatic carbocycles. The minimum absolute atomic E-state index is 0.0924. The summed E-state index contributed by atoms with van der Waals surface area (Å²) in [5.41, 5.74) is 6.16. The van der Waals surface area contributed by atoms with Crippen molar-refractivity contribution in [3.63, 3.8) is 0 Å². The van der Waals surface area contributed by atoms with E-state index >= 15 is 0 Å². The molecular formula is C19H17F2N3O5S. The van der Waals surface area contributed by atoms with Crippen LogP contribution in [0.15, 0.2) is 28.1 Å². The Kier molecular flexibility index (Phi) is 5.16. The van der Waals surface area contributed by atoms with Gasteiger partial charge in [-0.2, -0.15) is 0 Å². The molecule has 0 saturated carbocycles. The average Bonchev–Trinajstić information content (AvgIpc) is 3.25. The van der Waals surface area contributed by atoms with Gasteiger partial charge in [-0.05, 0) is 25.1 Å². The van der Waals surface area contributed by atoms with Crippen molar-refractivity contribution in [1.29, 1.82) is 0 Å². The second-order valence-electron chi connectivity index (χ2n) is 6.84. The fourth-order valence-corrected chi connectivity index (χ4v) is 3.74. The van der Waals surface area contributed by atoms with E-state index in [0.717, 1.165) is 10.6 Å². The van der Waals surface area contributed by atoms with Crippen molar-refractivity contribution in [1.82, 2.24) is 10.3 Å². The number of halogens is 2. The number of alkyl halides is 2. The fraction of sp³-hybridized carbons (Fsp3) is 0.316. The molecule has 0 spiro atoms. The number of aromatic nitrogens is 1. The third kappa shape index (κ3) is 3.50. The lowest BCUT2D eigenvalue weighted by molar-refractivity contribution is -0.143. The van der Waals surface area contributed by atoms with Crippen LogP contribution in [0.3, 0.4) is 0 Å². The van der Waals surface area contributed by atoms with Crippen molar-refractivity contribution in [2.45, 2.75) is 25.5 Å². The third-order valence-electron chi connectivity index (χ3n) is 4.85. The normalized spacial score (nSPS) is 15.2. The topological polar surface area (TPSA) is 117 Å². The van der Waals surface area contributed by atoms with Crippen LogP contribution in [-0.2, 0) is 16.1 Å². The summed E-state index contributed by atoms with van der Waals surface area (Å²) in [6.07, 6.45) is -3.04. The standard InChI is InChI=1S/C19H17F2N3O5S/c1-9-13(30-8-23-9)5-28-10-2-3-12-11(4-10)14(15(29-12)16(20)21)17(25)24-19(18(22)26)6-27-7-19/h2-4,8,16H,5-7H2,1H3,(H2,22,26)(H,24,25). The van der Waals surface area contributed by atoms with E-state index in [1.165, 1.54) is 23.5 Å². The Hall–Kier alpha value is -3.05. The van der Waals surface area contributed by atoms with Crippen molar-refractivity contribution in [3.8, 4) is 5.75 Å². The number of nitrogens with zero attached hydrogens (tertiary/aromatic N) is 1. The molecule has 0 unspecified atom stereocenters. The molecule has 1 saturated heterocycles. The summed E-state index contributed by atoms with van der Waals surface area (Å²) < 4.78 is 43.0. The van der Waals surface area contributed by atoms with Gasteiger partial charge in [0.1, 0.15) is 17.9 Å². The number of amides is 2. The van der Waals surface area contributed by atoms with Crippen LogP contribution in [0.5, 0.6) is 5.75 Å². The Balaban J connectivity index is 1.67. The highest BCUT2D eigenvalue weighted by Gasteiger charge is 2.47. The summed E-state index contributed by atoms with van der Waals surface area (Å²) >= 11 is 1.43. The van der Waals surface area contributed by atoms with Crippen LogP contribution in [-0.4, -0.2) is 35.6 Å². The Labute approximate surface area is 173 Å². The maximum Gasteiger partial charge on any atom is 0.296 e. The molecule has 0 aliphatic carbocycles. The molecule has 2 aromatic heterocycles. The van der Waals surface area contributed by atoms with E-state index < -0.39 is 29.5 Å². The molecule has 3 heterocycles. The van der Waals surface area contributed by atoms with Crippen molar-refractivity contribution >= 4 is 34.1 Å². The van der Waals surface area contributed by atoms with E-state index in [2.05, 4.69) is 10.3 Å². The highest BCUT2D eigenvalue weighted by atomic mass is 32.1. The van der Waals surface area contributed by atoms with Gasteiger partial charge in [-0.25, -0.2) is 13.8 Å². The summed E-state index contributed by atoms with van der Waals surface area (Å²) in [5.74, 6) is -2.14. The largest absolute Gasteiger partial charge is 0.488 e. The predicted octanol–water partition coefficient (Wildman–Crippen LogP) is 2.70. The molecule has 30 heavy (non-hydrogen) atoms. The molecule has 11 heteroatoms. The van der Waals surface area contributed by atoms with Crippen LogP contribution in [0.2, 0.25) is 0 Å². The van der Waals surface area contributed by atoms with Crippen LogP contribution in [0, 0.1) is 6.92 Å². The van der Waals surface area contributed by atoms with Crippen LogP contribution in [0.4, 0.5) is 8.78 Å². The number of hydrogen-bond donors (Lipinski definition) is 2. The minimum atomic E-state index is -3.04. The van der Waals surface area contributed by atoms with Gasteiger partial charge in [0.05, 0.1) is 34.9 Å². The summed E-state index contributed by atoms with van der Waals surface area (Å²) in [7, 11) is 0. The summed E-state index contributed by atoms with van der Waals surface area (Å²) in [5, 5.41) is 2.56. The monoisotopic (exact) mass is 437 g/mol. The Bertz CT molecular complexity index is 1120. The smallest absolute Gasteiger partial charge is 0.296 e. The molecule has 1 aliphatic rings. The van der Waals surface area contributed by atoms with Gasteiger partial charge in [-0.15, -0.1) is 11.3 Å². The van der Waals surface area contributed by atoms with Crippen molar-refractivity contribution in [3.05, 3.63) is 45.6 Å². The van der Waals surface area contributed by atoms with Crippen molar-refractivity contribution in [2.24, 2.45) is 5.73 Å². The Morgan fingerprint density at radius 1 is 1.40 bits per heavy atom. The van der Waals surface area contributed by atoms with Gasteiger partial charge >= 0.3 is 0 Å².